The van der Waals surface area contributed by atoms with Gasteiger partial charge in [-0.1, -0.05) is 0 Å². The standard InChI is InChI=1S/C15H23N3O3S/c1-4-18(5-2)12-6-7-14(16-10-12)15(19)17(3)13-8-9-22(20,21)11-13/h6-7,10,13H,4-5,8-9,11H2,1-3H3. The molecule has 1 aromatic rings. The zero-order valence-corrected chi connectivity index (χ0v) is 14.1. The smallest absolute Gasteiger partial charge is 0.272 e. The normalized spacial score (nSPS) is 19.9. The summed E-state index contributed by atoms with van der Waals surface area (Å²) in [5.74, 6) is -0.0238. The van der Waals surface area contributed by atoms with Crippen molar-refractivity contribution < 1.29 is 13.2 Å². The zero-order chi connectivity index (χ0) is 16.3. The van der Waals surface area contributed by atoms with Crippen molar-refractivity contribution >= 4 is 21.4 Å². The Bertz CT molecular complexity index is 624. The third-order valence-corrected chi connectivity index (χ3v) is 5.92. The molecule has 0 spiro atoms. The molecule has 0 bridgehead atoms. The summed E-state index contributed by atoms with van der Waals surface area (Å²) >= 11 is 0. The van der Waals surface area contributed by atoms with Gasteiger partial charge in [-0.05, 0) is 32.4 Å². The van der Waals surface area contributed by atoms with E-state index in [9.17, 15) is 13.2 Å². The second-order valence-corrected chi connectivity index (χ2v) is 7.78. The second kappa shape index (κ2) is 6.64. The lowest BCUT2D eigenvalue weighted by molar-refractivity contribution is 0.0742. The molecule has 6 nitrogen and oxygen atoms in total. The van der Waals surface area contributed by atoms with Crippen molar-refractivity contribution in [2.75, 3.05) is 36.5 Å². The lowest BCUT2D eigenvalue weighted by Crippen LogP contribution is -2.38. The quantitative estimate of drug-likeness (QED) is 0.813. The Kier molecular flexibility index (Phi) is 5.05. The maximum atomic E-state index is 12.4. The third kappa shape index (κ3) is 3.58. The predicted octanol–water partition coefficient (Wildman–Crippen LogP) is 1.19. The predicted molar refractivity (Wildman–Crippen MR) is 87.0 cm³/mol. The van der Waals surface area contributed by atoms with Gasteiger partial charge >= 0.3 is 0 Å². The molecule has 0 radical (unpaired) electrons. The Labute approximate surface area is 132 Å². The van der Waals surface area contributed by atoms with Gasteiger partial charge in [-0.25, -0.2) is 13.4 Å². The van der Waals surface area contributed by atoms with Gasteiger partial charge in [-0.15, -0.1) is 0 Å². The maximum absolute atomic E-state index is 12.4. The van der Waals surface area contributed by atoms with Gasteiger partial charge in [0, 0.05) is 26.2 Å². The first-order valence-electron chi connectivity index (χ1n) is 7.56. The number of anilines is 1. The molecule has 0 N–H and O–H groups in total. The van der Waals surface area contributed by atoms with Gasteiger partial charge in [0.15, 0.2) is 9.84 Å². The van der Waals surface area contributed by atoms with Gasteiger partial charge < -0.3 is 9.80 Å². The topological polar surface area (TPSA) is 70.6 Å². The van der Waals surface area contributed by atoms with Crippen LogP contribution in [0.1, 0.15) is 30.8 Å². The minimum absolute atomic E-state index is 0.0484. The largest absolute Gasteiger partial charge is 0.371 e. The molecule has 22 heavy (non-hydrogen) atoms. The van der Waals surface area contributed by atoms with Crippen LogP contribution >= 0.6 is 0 Å². The number of amides is 1. The highest BCUT2D eigenvalue weighted by Gasteiger charge is 2.33. The molecule has 1 fully saturated rings. The molecule has 2 heterocycles. The number of nitrogens with zero attached hydrogens (tertiary/aromatic N) is 3. The molecule has 0 aromatic carbocycles. The average molecular weight is 325 g/mol. The molecule has 7 heteroatoms. The van der Waals surface area contributed by atoms with Crippen LogP contribution in [0.4, 0.5) is 5.69 Å². The summed E-state index contributed by atoms with van der Waals surface area (Å²) in [5, 5.41) is 0. The van der Waals surface area contributed by atoms with Crippen molar-refractivity contribution in [2.24, 2.45) is 0 Å². The first-order valence-corrected chi connectivity index (χ1v) is 9.38. The van der Waals surface area contributed by atoms with Gasteiger partial charge in [-0.2, -0.15) is 0 Å². The minimum atomic E-state index is -3.00. The van der Waals surface area contributed by atoms with E-state index in [4.69, 9.17) is 0 Å². The fourth-order valence-electron chi connectivity index (χ4n) is 2.72. The number of carbonyl (C=O) groups is 1. The van der Waals surface area contributed by atoms with Crippen LogP contribution in [0.3, 0.4) is 0 Å². The maximum Gasteiger partial charge on any atom is 0.272 e. The number of carbonyl (C=O) groups excluding carboxylic acids is 1. The molecular weight excluding hydrogens is 302 g/mol. The van der Waals surface area contributed by atoms with Crippen molar-refractivity contribution in [3.63, 3.8) is 0 Å². The van der Waals surface area contributed by atoms with E-state index in [1.807, 2.05) is 6.07 Å². The SMILES string of the molecule is CCN(CC)c1ccc(C(=O)N(C)C2CCS(=O)(=O)C2)nc1. The highest BCUT2D eigenvalue weighted by atomic mass is 32.2. The molecule has 1 unspecified atom stereocenters. The van der Waals surface area contributed by atoms with E-state index in [0.29, 0.717) is 12.1 Å². The second-order valence-electron chi connectivity index (χ2n) is 5.55. The molecule has 0 aliphatic carbocycles. The fraction of sp³-hybridized carbons (Fsp3) is 0.600. The van der Waals surface area contributed by atoms with Crippen LogP contribution in [0.15, 0.2) is 18.3 Å². The summed E-state index contributed by atoms with van der Waals surface area (Å²) in [4.78, 5) is 20.3. The van der Waals surface area contributed by atoms with Crippen LogP contribution in [0.5, 0.6) is 0 Å². The number of rotatable bonds is 5. The lowest BCUT2D eigenvalue weighted by atomic mass is 10.2. The minimum Gasteiger partial charge on any atom is -0.371 e. The molecule has 1 amide bonds. The molecule has 2 rings (SSSR count). The van der Waals surface area contributed by atoms with E-state index in [2.05, 4.69) is 23.7 Å². The molecule has 1 aromatic heterocycles. The van der Waals surface area contributed by atoms with Gasteiger partial charge in [0.2, 0.25) is 0 Å². The van der Waals surface area contributed by atoms with E-state index in [-0.39, 0.29) is 23.5 Å². The van der Waals surface area contributed by atoms with Crippen LogP contribution in [0, 0.1) is 0 Å². The summed E-state index contributed by atoms with van der Waals surface area (Å²) in [6, 6.07) is 3.34. The Hall–Kier alpha value is -1.63. The molecule has 1 saturated heterocycles. The Morgan fingerprint density at radius 2 is 2.00 bits per heavy atom. The van der Waals surface area contributed by atoms with E-state index in [1.165, 1.54) is 4.90 Å². The Morgan fingerprint density at radius 1 is 1.32 bits per heavy atom. The number of aromatic nitrogens is 1. The molecular formula is C15H23N3O3S. The number of pyridine rings is 1. The van der Waals surface area contributed by atoms with E-state index >= 15 is 0 Å². The van der Waals surface area contributed by atoms with Crippen LogP contribution in [0.2, 0.25) is 0 Å². The first-order chi connectivity index (χ1) is 10.4. The van der Waals surface area contributed by atoms with Crippen molar-refractivity contribution in [1.29, 1.82) is 0 Å². The third-order valence-electron chi connectivity index (χ3n) is 4.17. The fourth-order valence-corrected chi connectivity index (χ4v) is 4.49. The summed E-state index contributed by atoms with van der Waals surface area (Å²) in [7, 11) is -1.36. The van der Waals surface area contributed by atoms with Gasteiger partial charge in [0.05, 0.1) is 23.4 Å². The highest BCUT2D eigenvalue weighted by Crippen LogP contribution is 2.19. The van der Waals surface area contributed by atoms with E-state index in [1.54, 1.807) is 19.3 Å². The first kappa shape index (κ1) is 16.7. The summed E-state index contributed by atoms with van der Waals surface area (Å²) in [5.41, 5.74) is 1.33. The number of sulfone groups is 1. The van der Waals surface area contributed by atoms with Gasteiger partial charge in [0.25, 0.3) is 5.91 Å². The number of hydrogen-bond acceptors (Lipinski definition) is 5. The van der Waals surface area contributed by atoms with Crippen LogP contribution < -0.4 is 4.90 Å². The number of hydrogen-bond donors (Lipinski definition) is 0. The lowest BCUT2D eigenvalue weighted by Gasteiger charge is -2.24. The summed E-state index contributed by atoms with van der Waals surface area (Å²) in [6.45, 7) is 5.89. The molecule has 1 atom stereocenters. The van der Waals surface area contributed by atoms with Gasteiger partial charge in [-0.3, -0.25) is 4.79 Å². The molecule has 1 aliphatic rings. The van der Waals surface area contributed by atoms with E-state index in [0.717, 1.165) is 18.8 Å². The van der Waals surface area contributed by atoms with E-state index < -0.39 is 9.84 Å². The van der Waals surface area contributed by atoms with Crippen molar-refractivity contribution in [2.45, 2.75) is 26.3 Å². The Balaban J connectivity index is 2.09. The van der Waals surface area contributed by atoms with Crippen molar-refractivity contribution in [3.05, 3.63) is 24.0 Å². The van der Waals surface area contributed by atoms with Gasteiger partial charge in [0.1, 0.15) is 5.69 Å². The van der Waals surface area contributed by atoms with Crippen molar-refractivity contribution in [1.82, 2.24) is 9.88 Å². The monoisotopic (exact) mass is 325 g/mol. The molecule has 1 aliphatic heterocycles. The van der Waals surface area contributed by atoms with Crippen molar-refractivity contribution in [3.8, 4) is 0 Å². The van der Waals surface area contributed by atoms with Crippen LogP contribution in [-0.4, -0.2) is 61.9 Å². The summed E-state index contributed by atoms with van der Waals surface area (Å²) in [6.07, 6.45) is 2.20. The molecule has 122 valence electrons. The zero-order valence-electron chi connectivity index (χ0n) is 13.3. The van der Waals surface area contributed by atoms with Crippen LogP contribution in [-0.2, 0) is 9.84 Å². The summed E-state index contributed by atoms with van der Waals surface area (Å²) < 4.78 is 23.1. The highest BCUT2D eigenvalue weighted by molar-refractivity contribution is 7.91. The average Bonchev–Trinajstić information content (AvgIpc) is 2.88. The Morgan fingerprint density at radius 3 is 2.45 bits per heavy atom. The van der Waals surface area contributed by atoms with Crippen LogP contribution in [0.25, 0.3) is 0 Å². The molecule has 0 saturated carbocycles.